The second-order valence-electron chi connectivity index (χ2n) is 10.5. The predicted molar refractivity (Wildman–Crippen MR) is 126 cm³/mol. The summed E-state index contributed by atoms with van der Waals surface area (Å²) < 4.78 is 5.96. The van der Waals surface area contributed by atoms with Crippen LogP contribution in [0.3, 0.4) is 0 Å². The van der Waals surface area contributed by atoms with Crippen molar-refractivity contribution in [2.45, 2.75) is 91.8 Å². The van der Waals surface area contributed by atoms with Crippen molar-refractivity contribution in [2.24, 2.45) is 29.1 Å². The van der Waals surface area contributed by atoms with Gasteiger partial charge in [-0.1, -0.05) is 30.7 Å². The molecular formula is C27H40O5. The highest BCUT2D eigenvalue weighted by Gasteiger charge is 2.48. The van der Waals surface area contributed by atoms with E-state index in [4.69, 9.17) is 9.84 Å². The first-order chi connectivity index (χ1) is 15.0. The number of fused-ring (bicyclic) bond motifs is 1. The van der Waals surface area contributed by atoms with Crippen LogP contribution in [0.25, 0.3) is 0 Å². The third-order valence-electron chi connectivity index (χ3n) is 6.70. The van der Waals surface area contributed by atoms with Crippen LogP contribution in [0.2, 0.25) is 0 Å². The van der Waals surface area contributed by atoms with Gasteiger partial charge in [0.1, 0.15) is 6.10 Å². The summed E-state index contributed by atoms with van der Waals surface area (Å²) in [4.78, 5) is 23.3. The van der Waals surface area contributed by atoms with Gasteiger partial charge in [0.25, 0.3) is 0 Å². The minimum absolute atomic E-state index is 0.0414. The third-order valence-corrected chi connectivity index (χ3v) is 6.70. The van der Waals surface area contributed by atoms with Crippen LogP contribution in [0.4, 0.5) is 0 Å². The number of aliphatic hydroxyl groups is 1. The van der Waals surface area contributed by atoms with E-state index in [9.17, 15) is 14.7 Å². The van der Waals surface area contributed by atoms with Gasteiger partial charge < -0.3 is 14.9 Å². The predicted octanol–water partition coefficient (Wildman–Crippen LogP) is 5.14. The van der Waals surface area contributed by atoms with Gasteiger partial charge >= 0.3 is 11.9 Å². The lowest BCUT2D eigenvalue weighted by atomic mass is 9.89. The molecule has 6 atom stereocenters. The van der Waals surface area contributed by atoms with Gasteiger partial charge in [-0.3, -0.25) is 9.59 Å². The lowest BCUT2D eigenvalue weighted by Gasteiger charge is -2.26. The Balaban J connectivity index is 2.10. The maximum absolute atomic E-state index is 12.6. The van der Waals surface area contributed by atoms with Crippen molar-refractivity contribution in [3.8, 4) is 11.8 Å². The van der Waals surface area contributed by atoms with E-state index in [0.717, 1.165) is 25.7 Å². The van der Waals surface area contributed by atoms with Gasteiger partial charge in [-0.2, -0.15) is 0 Å². The molecule has 0 spiro atoms. The first-order valence-electron chi connectivity index (χ1n) is 11.9. The molecule has 0 saturated heterocycles. The van der Waals surface area contributed by atoms with Crippen LogP contribution >= 0.6 is 0 Å². The maximum Gasteiger partial charge on any atom is 0.311 e. The molecule has 0 bridgehead atoms. The zero-order chi connectivity index (χ0) is 23.9. The van der Waals surface area contributed by atoms with Crippen LogP contribution in [0.15, 0.2) is 23.8 Å². The number of carboxylic acids is 1. The Morgan fingerprint density at radius 3 is 2.62 bits per heavy atom. The van der Waals surface area contributed by atoms with Crippen LogP contribution in [0.1, 0.15) is 79.6 Å². The molecule has 1 unspecified atom stereocenters. The number of carbonyl (C=O) groups excluding carboxylic acids is 1. The van der Waals surface area contributed by atoms with Crippen LogP contribution in [-0.2, 0) is 14.3 Å². The molecular weight excluding hydrogens is 404 g/mol. The Hall–Kier alpha value is -2.06. The first kappa shape index (κ1) is 26.2. The highest BCUT2D eigenvalue weighted by atomic mass is 16.5. The maximum atomic E-state index is 12.6. The Labute approximate surface area is 193 Å². The average molecular weight is 445 g/mol. The second-order valence-corrected chi connectivity index (χ2v) is 10.5. The summed E-state index contributed by atoms with van der Waals surface area (Å²) in [5, 5.41) is 19.4. The molecule has 5 nitrogen and oxygen atoms in total. The van der Waals surface area contributed by atoms with Crippen molar-refractivity contribution >= 4 is 11.9 Å². The molecule has 5 heteroatoms. The van der Waals surface area contributed by atoms with Crippen molar-refractivity contribution in [3.63, 3.8) is 0 Å². The zero-order valence-corrected chi connectivity index (χ0v) is 20.3. The summed E-state index contributed by atoms with van der Waals surface area (Å²) in [7, 11) is 0. The number of carbonyl (C=O) groups is 2. The number of unbranched alkanes of at least 4 members (excludes halogenated alkanes) is 1. The fraction of sp³-hybridized carbons (Fsp3) is 0.704. The summed E-state index contributed by atoms with van der Waals surface area (Å²) in [6.45, 7) is 9.40. The zero-order valence-electron chi connectivity index (χ0n) is 20.3. The van der Waals surface area contributed by atoms with E-state index in [-0.39, 0.29) is 30.3 Å². The molecule has 0 aromatic carbocycles. The number of ether oxygens (including phenoxy) is 1. The summed E-state index contributed by atoms with van der Waals surface area (Å²) in [5.74, 6) is 5.92. The van der Waals surface area contributed by atoms with Gasteiger partial charge in [0, 0.05) is 18.8 Å². The molecule has 178 valence electrons. The largest absolute Gasteiger partial charge is 0.481 e. The lowest BCUT2D eigenvalue weighted by Crippen LogP contribution is -2.31. The smallest absolute Gasteiger partial charge is 0.311 e. The molecule has 0 aromatic rings. The van der Waals surface area contributed by atoms with Crippen LogP contribution in [0.5, 0.6) is 0 Å². The van der Waals surface area contributed by atoms with Crippen molar-refractivity contribution in [1.82, 2.24) is 0 Å². The Morgan fingerprint density at radius 1 is 1.28 bits per heavy atom. The summed E-state index contributed by atoms with van der Waals surface area (Å²) >= 11 is 0. The van der Waals surface area contributed by atoms with Crippen molar-refractivity contribution in [3.05, 3.63) is 23.8 Å². The molecule has 0 amide bonds. The van der Waals surface area contributed by atoms with Crippen molar-refractivity contribution in [1.29, 1.82) is 0 Å². The Bertz CT molecular complexity index is 776. The number of aliphatic carboxylic acids is 1. The summed E-state index contributed by atoms with van der Waals surface area (Å²) in [5.41, 5.74) is 0.838. The summed E-state index contributed by atoms with van der Waals surface area (Å²) in [6, 6.07) is 0. The van der Waals surface area contributed by atoms with E-state index in [1.165, 1.54) is 5.57 Å². The highest BCUT2D eigenvalue weighted by molar-refractivity contribution is 5.75. The van der Waals surface area contributed by atoms with Crippen LogP contribution in [-0.4, -0.2) is 34.4 Å². The topological polar surface area (TPSA) is 83.8 Å². The SMILES string of the molecule is CC#CCC(C)[C@H](O)/C=C/[C@@H]1[C@H]2C/C(=C/CCCC(=O)O)C[C@H]2C[C@H]1OC(=O)C(C)(C)C. The van der Waals surface area contributed by atoms with Gasteiger partial charge in [-0.25, -0.2) is 0 Å². The number of allylic oxidation sites excluding steroid dienone is 2. The molecule has 2 N–H and O–H groups in total. The number of hydrogen-bond acceptors (Lipinski definition) is 4. The minimum Gasteiger partial charge on any atom is -0.481 e. The van der Waals surface area contributed by atoms with Crippen molar-refractivity contribution < 1.29 is 24.5 Å². The Kier molecular flexibility index (Phi) is 9.58. The molecule has 2 aliphatic rings. The molecule has 2 aliphatic carbocycles. The first-order valence-corrected chi connectivity index (χ1v) is 11.9. The van der Waals surface area contributed by atoms with Gasteiger partial charge in [-0.15, -0.1) is 11.8 Å². The van der Waals surface area contributed by atoms with E-state index in [1.54, 1.807) is 6.92 Å². The number of hydrogen-bond donors (Lipinski definition) is 2. The van der Waals surface area contributed by atoms with E-state index < -0.39 is 17.5 Å². The number of aliphatic hydroxyl groups excluding tert-OH is 1. The second kappa shape index (κ2) is 11.7. The standard InChI is InChI=1S/C27H40O5/c1-6-7-10-18(2)23(28)14-13-21-22-16-19(11-8-9-12-25(29)30)15-20(22)17-24(21)32-26(31)27(3,4)5/h11,13-14,18,20-24,28H,8-10,12,15-17H2,1-5H3,(H,29,30)/b14-13+,19-11+/t18?,20-,21+,22-,23+,24+/m0/s1. The summed E-state index contributed by atoms with van der Waals surface area (Å²) in [6.07, 6.45) is 10.4. The Morgan fingerprint density at radius 2 is 2.00 bits per heavy atom. The molecule has 0 aromatic heterocycles. The average Bonchev–Trinajstić information content (AvgIpc) is 3.23. The minimum atomic E-state index is -0.752. The third kappa shape index (κ3) is 7.52. The van der Waals surface area contributed by atoms with Gasteiger partial charge in [-0.05, 0) is 77.6 Å². The number of esters is 1. The molecule has 0 heterocycles. The van der Waals surface area contributed by atoms with E-state index in [0.29, 0.717) is 24.7 Å². The number of carboxylic acid groups (broad SMARTS) is 1. The molecule has 0 radical (unpaired) electrons. The fourth-order valence-electron chi connectivity index (χ4n) is 4.73. The molecule has 0 aliphatic heterocycles. The molecule has 2 fully saturated rings. The highest BCUT2D eigenvalue weighted by Crippen LogP contribution is 2.51. The van der Waals surface area contributed by atoms with E-state index >= 15 is 0 Å². The molecule has 2 rings (SSSR count). The lowest BCUT2D eigenvalue weighted by molar-refractivity contribution is -0.160. The normalized spacial score (nSPS) is 28.2. The fourth-order valence-corrected chi connectivity index (χ4v) is 4.73. The van der Waals surface area contributed by atoms with E-state index in [1.807, 2.05) is 33.8 Å². The van der Waals surface area contributed by atoms with Crippen LogP contribution < -0.4 is 0 Å². The monoisotopic (exact) mass is 444 g/mol. The molecule has 2 saturated carbocycles. The van der Waals surface area contributed by atoms with Gasteiger partial charge in [0.2, 0.25) is 0 Å². The van der Waals surface area contributed by atoms with Gasteiger partial charge in [0.05, 0.1) is 11.5 Å². The van der Waals surface area contributed by atoms with E-state index in [2.05, 4.69) is 24.0 Å². The number of rotatable bonds is 9. The van der Waals surface area contributed by atoms with Crippen LogP contribution in [0, 0.1) is 40.9 Å². The van der Waals surface area contributed by atoms with Crippen molar-refractivity contribution in [2.75, 3.05) is 0 Å². The molecule has 32 heavy (non-hydrogen) atoms. The quantitative estimate of drug-likeness (QED) is 0.223. The van der Waals surface area contributed by atoms with Gasteiger partial charge in [0.15, 0.2) is 0 Å².